The van der Waals surface area contributed by atoms with E-state index in [-0.39, 0.29) is 5.75 Å². The van der Waals surface area contributed by atoms with E-state index >= 15 is 0 Å². The summed E-state index contributed by atoms with van der Waals surface area (Å²) in [5, 5.41) is 2.46. The molecule has 0 saturated heterocycles. The van der Waals surface area contributed by atoms with Crippen LogP contribution in [0.1, 0.15) is 12.8 Å². The molecule has 0 aromatic heterocycles. The number of hydrogen-bond acceptors (Lipinski definition) is 5. The molecule has 6 nitrogen and oxygen atoms in total. The van der Waals surface area contributed by atoms with Crippen molar-refractivity contribution in [3.05, 3.63) is 0 Å². The Hall–Kier alpha value is -0.660. The van der Waals surface area contributed by atoms with Gasteiger partial charge < -0.3 is 15.8 Å². The Kier molecular flexibility index (Phi) is 8.14. The lowest BCUT2D eigenvalue weighted by Gasteiger charge is -2.05. The summed E-state index contributed by atoms with van der Waals surface area (Å²) < 4.78 is 27.6. The molecular formula is C9H20N2O4S. The summed E-state index contributed by atoms with van der Waals surface area (Å²) in [5.74, 6) is -0.923. The quantitative estimate of drug-likeness (QED) is 0.508. The number of unbranched alkanes of at least 4 members (excludes halogenated alkanes) is 1. The Bertz CT molecular complexity index is 290. The number of amides is 1. The van der Waals surface area contributed by atoms with Gasteiger partial charge in [0.25, 0.3) is 0 Å². The van der Waals surface area contributed by atoms with Gasteiger partial charge in [-0.1, -0.05) is 0 Å². The highest BCUT2D eigenvalue weighted by Crippen LogP contribution is 1.96. The van der Waals surface area contributed by atoms with Crippen LogP contribution in [0.4, 0.5) is 0 Å². The number of nitrogens with two attached hydrogens (primary N) is 1. The van der Waals surface area contributed by atoms with Gasteiger partial charge in [0.2, 0.25) is 5.91 Å². The van der Waals surface area contributed by atoms with E-state index < -0.39 is 21.5 Å². The van der Waals surface area contributed by atoms with Gasteiger partial charge in [0, 0.05) is 13.7 Å². The largest absolute Gasteiger partial charge is 0.383 e. The Balaban J connectivity index is 3.82. The topological polar surface area (TPSA) is 98.5 Å². The van der Waals surface area contributed by atoms with E-state index in [0.29, 0.717) is 32.5 Å². The van der Waals surface area contributed by atoms with Crippen molar-refractivity contribution in [2.24, 2.45) is 5.73 Å². The maximum absolute atomic E-state index is 11.4. The third-order valence-corrected chi connectivity index (χ3v) is 3.50. The van der Waals surface area contributed by atoms with Crippen molar-refractivity contribution in [3.63, 3.8) is 0 Å². The van der Waals surface area contributed by atoms with Crippen molar-refractivity contribution in [3.8, 4) is 0 Å². The zero-order valence-electron chi connectivity index (χ0n) is 9.57. The zero-order chi connectivity index (χ0) is 12.4. The fraction of sp³-hybridized carbons (Fsp3) is 0.889. The number of nitrogens with one attached hydrogen (secondary N) is 1. The summed E-state index contributed by atoms with van der Waals surface area (Å²) in [5.41, 5.74) is 5.25. The van der Waals surface area contributed by atoms with Crippen LogP contribution in [0.25, 0.3) is 0 Å². The van der Waals surface area contributed by atoms with Gasteiger partial charge in [-0.15, -0.1) is 0 Å². The normalized spacial score (nSPS) is 11.4. The van der Waals surface area contributed by atoms with E-state index in [1.54, 1.807) is 0 Å². The van der Waals surface area contributed by atoms with Crippen LogP contribution < -0.4 is 11.1 Å². The lowest BCUT2D eigenvalue weighted by Crippen LogP contribution is -2.33. The minimum atomic E-state index is -3.30. The predicted octanol–water partition coefficient (Wildman–Crippen LogP) is -1.10. The molecule has 3 N–H and O–H groups in total. The second-order valence-electron chi connectivity index (χ2n) is 3.43. The molecule has 0 bridgehead atoms. The molecule has 0 fully saturated rings. The summed E-state index contributed by atoms with van der Waals surface area (Å²) in [4.78, 5) is 11.2. The molecule has 16 heavy (non-hydrogen) atoms. The molecule has 0 aromatic carbocycles. The van der Waals surface area contributed by atoms with E-state index in [9.17, 15) is 13.2 Å². The fourth-order valence-electron chi connectivity index (χ4n) is 1.08. The van der Waals surface area contributed by atoms with Gasteiger partial charge in [-0.25, -0.2) is 8.42 Å². The van der Waals surface area contributed by atoms with Crippen molar-refractivity contribution in [2.45, 2.75) is 12.8 Å². The fourth-order valence-corrected chi connectivity index (χ4v) is 2.37. The molecule has 0 aliphatic rings. The molecule has 0 atom stereocenters. The van der Waals surface area contributed by atoms with Gasteiger partial charge in [-0.2, -0.15) is 0 Å². The van der Waals surface area contributed by atoms with Crippen LogP contribution in [-0.2, 0) is 19.4 Å². The van der Waals surface area contributed by atoms with E-state index in [0.717, 1.165) is 0 Å². The Labute approximate surface area is 96.4 Å². The number of methoxy groups -OCH3 is 1. The molecule has 0 rings (SSSR count). The second-order valence-corrected chi connectivity index (χ2v) is 5.61. The molecule has 0 aliphatic carbocycles. The lowest BCUT2D eigenvalue weighted by molar-refractivity contribution is -0.118. The van der Waals surface area contributed by atoms with Crippen LogP contribution in [0.15, 0.2) is 0 Å². The number of hydrogen-bond donors (Lipinski definition) is 2. The van der Waals surface area contributed by atoms with Crippen LogP contribution in [0.2, 0.25) is 0 Å². The van der Waals surface area contributed by atoms with Gasteiger partial charge in [0.05, 0.1) is 12.4 Å². The maximum Gasteiger partial charge on any atom is 0.235 e. The van der Waals surface area contributed by atoms with E-state index in [1.165, 1.54) is 7.11 Å². The van der Waals surface area contributed by atoms with Crippen molar-refractivity contribution in [2.75, 3.05) is 38.3 Å². The Morgan fingerprint density at radius 1 is 1.38 bits per heavy atom. The first-order valence-corrected chi connectivity index (χ1v) is 7.00. The Morgan fingerprint density at radius 2 is 2.06 bits per heavy atom. The summed E-state index contributed by atoms with van der Waals surface area (Å²) in [6.45, 7) is 1.17. The monoisotopic (exact) mass is 252 g/mol. The summed E-state index contributed by atoms with van der Waals surface area (Å²) in [7, 11) is -1.79. The van der Waals surface area contributed by atoms with Crippen LogP contribution >= 0.6 is 0 Å². The number of ether oxygens (including phenoxy) is 1. The third kappa shape index (κ3) is 8.63. The lowest BCUT2D eigenvalue weighted by atomic mass is 10.3. The number of rotatable bonds is 9. The van der Waals surface area contributed by atoms with Crippen LogP contribution in [0.3, 0.4) is 0 Å². The average molecular weight is 252 g/mol. The second kappa shape index (κ2) is 8.49. The molecule has 7 heteroatoms. The average Bonchev–Trinajstić information content (AvgIpc) is 2.17. The highest BCUT2D eigenvalue weighted by molar-refractivity contribution is 7.92. The molecule has 0 unspecified atom stereocenters. The van der Waals surface area contributed by atoms with E-state index in [4.69, 9.17) is 10.5 Å². The van der Waals surface area contributed by atoms with Gasteiger partial charge >= 0.3 is 0 Å². The molecule has 0 aromatic rings. The molecule has 0 saturated carbocycles. The van der Waals surface area contributed by atoms with Crippen LogP contribution in [-0.4, -0.2) is 52.6 Å². The summed E-state index contributed by atoms with van der Waals surface area (Å²) in [6, 6.07) is 0. The number of sulfone groups is 1. The minimum Gasteiger partial charge on any atom is -0.383 e. The van der Waals surface area contributed by atoms with E-state index in [1.807, 2.05) is 0 Å². The van der Waals surface area contributed by atoms with Gasteiger partial charge in [-0.05, 0) is 19.4 Å². The smallest absolute Gasteiger partial charge is 0.235 e. The van der Waals surface area contributed by atoms with Crippen LogP contribution in [0.5, 0.6) is 0 Å². The first kappa shape index (κ1) is 15.3. The Morgan fingerprint density at radius 3 is 2.62 bits per heavy atom. The molecule has 96 valence electrons. The standard InChI is InChI=1S/C9H20N2O4S/c1-15-6-5-11-9(12)8-16(13,14)7-3-2-4-10/h2-8,10H2,1H3,(H,11,12). The third-order valence-electron chi connectivity index (χ3n) is 1.89. The van der Waals surface area contributed by atoms with Crippen molar-refractivity contribution in [1.29, 1.82) is 0 Å². The van der Waals surface area contributed by atoms with Gasteiger partial charge in [0.15, 0.2) is 9.84 Å². The summed E-state index contributed by atoms with van der Waals surface area (Å²) in [6.07, 6.45) is 1.16. The molecule has 0 spiro atoms. The number of carbonyl (C=O) groups is 1. The highest BCUT2D eigenvalue weighted by atomic mass is 32.2. The van der Waals surface area contributed by atoms with Crippen molar-refractivity contribution in [1.82, 2.24) is 5.32 Å². The summed E-state index contributed by atoms with van der Waals surface area (Å²) >= 11 is 0. The molecule has 0 heterocycles. The SMILES string of the molecule is COCCNC(=O)CS(=O)(=O)CCCCN. The molecule has 0 aliphatic heterocycles. The minimum absolute atomic E-state index is 0.0158. The predicted molar refractivity (Wildman–Crippen MR) is 61.8 cm³/mol. The van der Waals surface area contributed by atoms with E-state index in [2.05, 4.69) is 5.32 Å². The molecule has 1 amide bonds. The van der Waals surface area contributed by atoms with Gasteiger partial charge in [-0.3, -0.25) is 4.79 Å². The maximum atomic E-state index is 11.4. The number of carbonyl (C=O) groups excluding carboxylic acids is 1. The first-order chi connectivity index (χ1) is 7.52. The highest BCUT2D eigenvalue weighted by Gasteiger charge is 2.15. The van der Waals surface area contributed by atoms with Gasteiger partial charge in [0.1, 0.15) is 5.75 Å². The van der Waals surface area contributed by atoms with Crippen molar-refractivity contribution < 1.29 is 17.9 Å². The first-order valence-electron chi connectivity index (χ1n) is 5.18. The van der Waals surface area contributed by atoms with Crippen LogP contribution in [0, 0.1) is 0 Å². The zero-order valence-corrected chi connectivity index (χ0v) is 10.4. The molecular weight excluding hydrogens is 232 g/mol. The molecule has 0 radical (unpaired) electrons. The van der Waals surface area contributed by atoms with Crippen molar-refractivity contribution >= 4 is 15.7 Å².